The molecule has 96 valence electrons. The van der Waals surface area contributed by atoms with E-state index >= 15 is 0 Å². The van der Waals surface area contributed by atoms with Crippen LogP contribution in [0, 0.1) is 5.82 Å². The fraction of sp³-hybridized carbons (Fsp3) is 0.333. The predicted molar refractivity (Wildman–Crippen MR) is 68.3 cm³/mol. The van der Waals surface area contributed by atoms with Crippen LogP contribution in [0.15, 0.2) is 24.5 Å². The van der Waals surface area contributed by atoms with Gasteiger partial charge in [-0.25, -0.2) is 14.1 Å². The molecule has 2 rings (SSSR count). The summed E-state index contributed by atoms with van der Waals surface area (Å²) in [7, 11) is 0. The summed E-state index contributed by atoms with van der Waals surface area (Å²) in [5, 5.41) is 7.55. The maximum absolute atomic E-state index is 13.8. The van der Waals surface area contributed by atoms with E-state index in [4.69, 9.17) is 11.6 Å². The number of nitrogens with zero attached hydrogens (tertiary/aromatic N) is 3. The SMILES string of the molecule is CC(C)NCc1ncnn1-c1c(F)cccc1Cl. The highest BCUT2D eigenvalue weighted by Gasteiger charge is 2.14. The lowest BCUT2D eigenvalue weighted by Gasteiger charge is -2.11. The predicted octanol–water partition coefficient (Wildman–Crippen LogP) is 2.56. The van der Waals surface area contributed by atoms with Gasteiger partial charge in [-0.05, 0) is 12.1 Å². The van der Waals surface area contributed by atoms with Crippen LogP contribution < -0.4 is 5.32 Å². The van der Waals surface area contributed by atoms with E-state index < -0.39 is 5.82 Å². The number of para-hydroxylation sites is 1. The van der Waals surface area contributed by atoms with Crippen molar-refractivity contribution in [1.82, 2.24) is 20.1 Å². The number of benzene rings is 1. The Morgan fingerprint density at radius 3 is 2.89 bits per heavy atom. The number of rotatable bonds is 4. The van der Waals surface area contributed by atoms with Crippen molar-refractivity contribution in [3.05, 3.63) is 41.2 Å². The lowest BCUT2D eigenvalue weighted by Crippen LogP contribution is -2.24. The van der Waals surface area contributed by atoms with Crippen LogP contribution in [0.25, 0.3) is 5.69 Å². The Morgan fingerprint density at radius 2 is 2.22 bits per heavy atom. The second-order valence-electron chi connectivity index (χ2n) is 4.19. The minimum Gasteiger partial charge on any atom is -0.308 e. The van der Waals surface area contributed by atoms with Crippen molar-refractivity contribution in [1.29, 1.82) is 0 Å². The lowest BCUT2D eigenvalue weighted by molar-refractivity contribution is 0.555. The number of nitrogens with one attached hydrogen (secondary N) is 1. The number of hydrogen-bond donors (Lipinski definition) is 1. The minimum absolute atomic E-state index is 0.234. The number of halogens is 2. The summed E-state index contributed by atoms with van der Waals surface area (Å²) in [5.41, 5.74) is 0.234. The van der Waals surface area contributed by atoms with Crippen LogP contribution in [0.4, 0.5) is 4.39 Å². The molecular formula is C12H14ClFN4. The van der Waals surface area contributed by atoms with E-state index in [9.17, 15) is 4.39 Å². The van der Waals surface area contributed by atoms with Gasteiger partial charge in [0, 0.05) is 6.04 Å². The molecule has 0 bridgehead atoms. The summed E-state index contributed by atoms with van der Waals surface area (Å²) in [4.78, 5) is 4.11. The van der Waals surface area contributed by atoms with Crippen LogP contribution in [0.1, 0.15) is 19.7 Å². The van der Waals surface area contributed by atoms with Gasteiger partial charge in [-0.15, -0.1) is 0 Å². The van der Waals surface area contributed by atoms with E-state index in [1.807, 2.05) is 13.8 Å². The molecule has 0 amide bonds. The first-order valence-electron chi connectivity index (χ1n) is 5.66. The summed E-state index contributed by atoms with van der Waals surface area (Å²) in [6.45, 7) is 4.55. The maximum Gasteiger partial charge on any atom is 0.150 e. The van der Waals surface area contributed by atoms with Crippen LogP contribution >= 0.6 is 11.6 Å². The van der Waals surface area contributed by atoms with Crippen LogP contribution in [0.2, 0.25) is 5.02 Å². The summed E-state index contributed by atoms with van der Waals surface area (Å²) >= 11 is 6.01. The molecule has 6 heteroatoms. The Bertz CT molecular complexity index is 518. The molecule has 0 aliphatic carbocycles. The van der Waals surface area contributed by atoms with E-state index in [0.29, 0.717) is 23.4 Å². The van der Waals surface area contributed by atoms with Crippen molar-refractivity contribution in [3.8, 4) is 5.69 Å². The molecule has 1 aromatic heterocycles. The molecule has 18 heavy (non-hydrogen) atoms. The highest BCUT2D eigenvalue weighted by atomic mass is 35.5. The third-order valence-corrected chi connectivity index (χ3v) is 2.74. The highest BCUT2D eigenvalue weighted by Crippen LogP contribution is 2.23. The van der Waals surface area contributed by atoms with E-state index in [-0.39, 0.29) is 5.69 Å². The van der Waals surface area contributed by atoms with Gasteiger partial charge < -0.3 is 5.32 Å². The van der Waals surface area contributed by atoms with Gasteiger partial charge >= 0.3 is 0 Å². The average molecular weight is 269 g/mol. The summed E-state index contributed by atoms with van der Waals surface area (Å²) in [5.74, 6) is 0.203. The van der Waals surface area contributed by atoms with Crippen LogP contribution in [0.5, 0.6) is 0 Å². The van der Waals surface area contributed by atoms with Crippen molar-refractivity contribution in [2.24, 2.45) is 0 Å². The molecule has 0 radical (unpaired) electrons. The molecule has 4 nitrogen and oxygen atoms in total. The monoisotopic (exact) mass is 268 g/mol. The van der Waals surface area contributed by atoms with Gasteiger partial charge in [0.25, 0.3) is 0 Å². The summed E-state index contributed by atoms with van der Waals surface area (Å²) in [6.07, 6.45) is 1.39. The van der Waals surface area contributed by atoms with Gasteiger partial charge in [-0.1, -0.05) is 31.5 Å². The van der Waals surface area contributed by atoms with Gasteiger partial charge in [0.2, 0.25) is 0 Å². The fourth-order valence-electron chi connectivity index (χ4n) is 1.56. The van der Waals surface area contributed by atoms with Crippen LogP contribution in [-0.2, 0) is 6.54 Å². The minimum atomic E-state index is -0.418. The molecule has 0 aliphatic heterocycles. The molecular weight excluding hydrogens is 255 g/mol. The molecule has 1 heterocycles. The summed E-state index contributed by atoms with van der Waals surface area (Å²) in [6, 6.07) is 4.85. The quantitative estimate of drug-likeness (QED) is 0.927. The zero-order valence-electron chi connectivity index (χ0n) is 10.2. The van der Waals surface area contributed by atoms with Crippen molar-refractivity contribution < 1.29 is 4.39 Å². The first-order valence-corrected chi connectivity index (χ1v) is 6.04. The Kier molecular flexibility index (Phi) is 3.93. The molecule has 0 saturated heterocycles. The molecule has 1 aromatic carbocycles. The van der Waals surface area contributed by atoms with Crippen molar-refractivity contribution in [2.45, 2.75) is 26.4 Å². The third kappa shape index (κ3) is 2.68. The van der Waals surface area contributed by atoms with E-state index in [2.05, 4.69) is 15.4 Å². The molecule has 0 atom stereocenters. The van der Waals surface area contributed by atoms with Gasteiger partial charge in [0.1, 0.15) is 23.7 Å². The first kappa shape index (κ1) is 13.0. The topological polar surface area (TPSA) is 42.7 Å². The zero-order valence-corrected chi connectivity index (χ0v) is 10.9. The van der Waals surface area contributed by atoms with Gasteiger partial charge in [0.15, 0.2) is 0 Å². The van der Waals surface area contributed by atoms with Gasteiger partial charge in [0.05, 0.1) is 11.6 Å². The second-order valence-corrected chi connectivity index (χ2v) is 4.60. The Hall–Kier alpha value is -1.46. The van der Waals surface area contributed by atoms with Crippen molar-refractivity contribution in [2.75, 3.05) is 0 Å². The molecule has 0 spiro atoms. The summed E-state index contributed by atoms with van der Waals surface area (Å²) < 4.78 is 15.2. The lowest BCUT2D eigenvalue weighted by atomic mass is 10.3. The molecule has 0 aliphatic rings. The van der Waals surface area contributed by atoms with Crippen molar-refractivity contribution in [3.63, 3.8) is 0 Å². The standard InChI is InChI=1S/C12H14ClFN4/c1-8(2)15-6-11-16-7-17-18(11)12-9(13)4-3-5-10(12)14/h3-5,7-8,15H,6H2,1-2H3. The van der Waals surface area contributed by atoms with Gasteiger partial charge in [-0.2, -0.15) is 5.10 Å². The Labute approximate surface area is 110 Å². The molecule has 0 unspecified atom stereocenters. The second kappa shape index (κ2) is 5.46. The van der Waals surface area contributed by atoms with Crippen LogP contribution in [-0.4, -0.2) is 20.8 Å². The average Bonchev–Trinajstić information content (AvgIpc) is 2.74. The Balaban J connectivity index is 2.36. The normalized spacial score (nSPS) is 11.2. The third-order valence-electron chi connectivity index (χ3n) is 2.44. The van der Waals surface area contributed by atoms with E-state index in [1.165, 1.54) is 17.1 Å². The van der Waals surface area contributed by atoms with Gasteiger partial charge in [-0.3, -0.25) is 0 Å². The number of aromatic nitrogens is 3. The maximum atomic E-state index is 13.8. The molecule has 0 saturated carbocycles. The van der Waals surface area contributed by atoms with Crippen LogP contribution in [0.3, 0.4) is 0 Å². The Morgan fingerprint density at radius 1 is 1.44 bits per heavy atom. The van der Waals surface area contributed by atoms with E-state index in [1.54, 1.807) is 12.1 Å². The molecule has 1 N–H and O–H groups in total. The smallest absolute Gasteiger partial charge is 0.150 e. The molecule has 2 aromatic rings. The van der Waals surface area contributed by atoms with Crippen molar-refractivity contribution >= 4 is 11.6 Å². The highest BCUT2D eigenvalue weighted by molar-refractivity contribution is 6.32. The molecule has 0 fully saturated rings. The number of hydrogen-bond acceptors (Lipinski definition) is 3. The largest absolute Gasteiger partial charge is 0.308 e. The fourth-order valence-corrected chi connectivity index (χ4v) is 1.80. The first-order chi connectivity index (χ1) is 8.59. The zero-order chi connectivity index (χ0) is 13.1. The van der Waals surface area contributed by atoms with E-state index in [0.717, 1.165) is 0 Å².